The van der Waals surface area contributed by atoms with E-state index < -0.39 is 11.6 Å². The zero-order valence-electron chi connectivity index (χ0n) is 18.0. The van der Waals surface area contributed by atoms with E-state index in [0.29, 0.717) is 5.92 Å². The highest BCUT2D eigenvalue weighted by Crippen LogP contribution is 2.40. The average Bonchev–Trinajstić information content (AvgIpc) is 2.78. The Kier molecular flexibility index (Phi) is 9.12. The molecule has 2 aliphatic rings. The molecule has 0 saturated heterocycles. The molecule has 0 spiro atoms. The van der Waals surface area contributed by atoms with E-state index in [4.69, 9.17) is 5.26 Å². The Bertz CT molecular complexity index is 745. The Balaban J connectivity index is 1.29. The van der Waals surface area contributed by atoms with Crippen molar-refractivity contribution in [3.8, 4) is 6.07 Å². The SMILES string of the molecule is N#CC=CC=CCCC1CCC(CCC2CCC(c3ccc(F)c(F)c3)CC2)CC1. The van der Waals surface area contributed by atoms with Gasteiger partial charge in [-0.25, -0.2) is 8.78 Å². The summed E-state index contributed by atoms with van der Waals surface area (Å²) in [4.78, 5) is 0. The van der Waals surface area contributed by atoms with Crippen LogP contribution in [-0.2, 0) is 0 Å². The first-order chi connectivity index (χ1) is 14.7. The molecule has 0 aromatic heterocycles. The third-order valence-electron chi connectivity index (χ3n) is 7.37. The fraction of sp³-hybridized carbons (Fsp3) is 0.593. The summed E-state index contributed by atoms with van der Waals surface area (Å²) in [5.74, 6) is 1.53. The summed E-state index contributed by atoms with van der Waals surface area (Å²) in [6, 6.07) is 6.44. The highest BCUT2D eigenvalue weighted by atomic mass is 19.2. The summed E-state index contributed by atoms with van der Waals surface area (Å²) >= 11 is 0. The molecule has 0 bridgehead atoms. The van der Waals surface area contributed by atoms with Crippen molar-refractivity contribution in [1.82, 2.24) is 0 Å². The predicted molar refractivity (Wildman–Crippen MR) is 119 cm³/mol. The zero-order chi connectivity index (χ0) is 21.2. The van der Waals surface area contributed by atoms with Gasteiger partial charge in [0.2, 0.25) is 0 Å². The molecular weight excluding hydrogens is 376 g/mol. The highest BCUT2D eigenvalue weighted by Gasteiger charge is 2.25. The van der Waals surface area contributed by atoms with Crippen molar-refractivity contribution in [3.63, 3.8) is 0 Å². The standard InChI is InChI=1S/C27H35F2N/c28-26-18-17-25(20-27(26)29)24-15-13-23(14-16-24)12-11-22-9-7-21(8-10-22)6-4-2-1-3-5-19-30/h1-3,5,17-18,20-24H,4,6-16H2. The van der Waals surface area contributed by atoms with Gasteiger partial charge >= 0.3 is 0 Å². The molecule has 3 rings (SSSR count). The summed E-state index contributed by atoms with van der Waals surface area (Å²) in [6.45, 7) is 0. The van der Waals surface area contributed by atoms with E-state index in [1.807, 2.05) is 18.2 Å². The fourth-order valence-electron chi connectivity index (χ4n) is 5.44. The van der Waals surface area contributed by atoms with Crippen LogP contribution < -0.4 is 0 Å². The second-order valence-corrected chi connectivity index (χ2v) is 9.35. The molecule has 0 aliphatic heterocycles. The van der Waals surface area contributed by atoms with Gasteiger partial charge in [0, 0.05) is 6.08 Å². The van der Waals surface area contributed by atoms with Crippen molar-refractivity contribution < 1.29 is 8.78 Å². The van der Waals surface area contributed by atoms with Crippen molar-refractivity contribution in [2.24, 2.45) is 17.8 Å². The number of hydrogen-bond donors (Lipinski definition) is 0. The first-order valence-electron chi connectivity index (χ1n) is 11.8. The molecule has 30 heavy (non-hydrogen) atoms. The van der Waals surface area contributed by atoms with Crippen LogP contribution in [0.4, 0.5) is 8.78 Å². The molecule has 2 saturated carbocycles. The molecule has 1 aromatic carbocycles. The first kappa shape index (κ1) is 22.7. The van der Waals surface area contributed by atoms with Gasteiger partial charge in [-0.15, -0.1) is 0 Å². The van der Waals surface area contributed by atoms with Gasteiger partial charge in [-0.05, 0) is 79.9 Å². The van der Waals surface area contributed by atoms with Gasteiger partial charge in [0.15, 0.2) is 11.6 Å². The van der Waals surface area contributed by atoms with E-state index in [1.54, 1.807) is 6.07 Å². The summed E-state index contributed by atoms with van der Waals surface area (Å²) in [5, 5.41) is 8.46. The van der Waals surface area contributed by atoms with E-state index in [1.165, 1.54) is 76.0 Å². The van der Waals surface area contributed by atoms with E-state index >= 15 is 0 Å². The second-order valence-electron chi connectivity index (χ2n) is 9.35. The van der Waals surface area contributed by atoms with Crippen LogP contribution in [-0.4, -0.2) is 0 Å². The molecule has 0 N–H and O–H groups in total. The molecule has 1 nitrogen and oxygen atoms in total. The minimum atomic E-state index is -0.744. The van der Waals surface area contributed by atoms with Crippen LogP contribution >= 0.6 is 0 Å². The first-order valence-corrected chi connectivity index (χ1v) is 11.8. The van der Waals surface area contributed by atoms with Crippen LogP contribution in [0.25, 0.3) is 0 Å². The fourth-order valence-corrected chi connectivity index (χ4v) is 5.44. The van der Waals surface area contributed by atoms with Crippen molar-refractivity contribution in [2.75, 3.05) is 0 Å². The lowest BCUT2D eigenvalue weighted by atomic mass is 9.74. The van der Waals surface area contributed by atoms with Crippen LogP contribution in [0.2, 0.25) is 0 Å². The van der Waals surface area contributed by atoms with Gasteiger partial charge in [0.05, 0.1) is 6.07 Å². The quantitative estimate of drug-likeness (QED) is 0.312. The minimum Gasteiger partial charge on any atom is -0.204 e. The Morgan fingerprint density at radius 1 is 0.800 bits per heavy atom. The molecule has 0 unspecified atom stereocenters. The summed E-state index contributed by atoms with van der Waals surface area (Å²) < 4.78 is 26.7. The molecule has 2 aliphatic carbocycles. The largest absolute Gasteiger partial charge is 0.204 e. The Hall–Kier alpha value is -1.95. The lowest BCUT2D eigenvalue weighted by Crippen LogP contribution is -2.18. The van der Waals surface area contributed by atoms with Gasteiger partial charge in [-0.3, -0.25) is 0 Å². The maximum Gasteiger partial charge on any atom is 0.159 e. The minimum absolute atomic E-state index is 0.399. The molecule has 1 aromatic rings. The number of benzene rings is 1. The maximum absolute atomic E-state index is 13.5. The number of allylic oxidation sites excluding steroid dienone is 4. The third-order valence-corrected chi connectivity index (χ3v) is 7.37. The van der Waals surface area contributed by atoms with E-state index in [-0.39, 0.29) is 0 Å². The van der Waals surface area contributed by atoms with E-state index in [9.17, 15) is 8.78 Å². The zero-order valence-corrected chi connectivity index (χ0v) is 18.0. The average molecular weight is 412 g/mol. The van der Waals surface area contributed by atoms with Crippen LogP contribution in [0.3, 0.4) is 0 Å². The maximum atomic E-state index is 13.5. The summed E-state index contributed by atoms with van der Waals surface area (Å²) in [5.41, 5.74) is 0.974. The van der Waals surface area contributed by atoms with Crippen LogP contribution in [0, 0.1) is 40.7 Å². The molecule has 0 amide bonds. The lowest BCUT2D eigenvalue weighted by Gasteiger charge is -2.32. The molecule has 0 radical (unpaired) electrons. The van der Waals surface area contributed by atoms with Crippen LogP contribution in [0.15, 0.2) is 42.5 Å². The topological polar surface area (TPSA) is 23.8 Å². The van der Waals surface area contributed by atoms with Crippen molar-refractivity contribution >= 4 is 0 Å². The van der Waals surface area contributed by atoms with Crippen LogP contribution in [0.1, 0.15) is 88.5 Å². The van der Waals surface area contributed by atoms with Gasteiger partial charge in [0.1, 0.15) is 0 Å². The van der Waals surface area contributed by atoms with Gasteiger partial charge < -0.3 is 0 Å². The monoisotopic (exact) mass is 411 g/mol. The van der Waals surface area contributed by atoms with E-state index in [0.717, 1.165) is 42.6 Å². The number of halogens is 2. The van der Waals surface area contributed by atoms with Crippen molar-refractivity contribution in [2.45, 2.75) is 83.0 Å². The number of rotatable bonds is 8. The third kappa shape index (κ3) is 7.08. The van der Waals surface area contributed by atoms with Gasteiger partial charge in [-0.1, -0.05) is 62.8 Å². The highest BCUT2D eigenvalue weighted by molar-refractivity contribution is 5.22. The molecule has 3 heteroatoms. The normalized spacial score (nSPS) is 27.5. The smallest absolute Gasteiger partial charge is 0.159 e. The van der Waals surface area contributed by atoms with Gasteiger partial charge in [-0.2, -0.15) is 5.26 Å². The number of nitrogens with zero attached hydrogens (tertiary/aromatic N) is 1. The summed E-state index contributed by atoms with van der Waals surface area (Å²) in [7, 11) is 0. The van der Waals surface area contributed by atoms with E-state index in [2.05, 4.69) is 6.08 Å². The number of hydrogen-bond acceptors (Lipinski definition) is 1. The summed E-state index contributed by atoms with van der Waals surface area (Å²) in [6.07, 6.45) is 22.8. The Morgan fingerprint density at radius 2 is 1.40 bits per heavy atom. The number of nitriles is 1. The Morgan fingerprint density at radius 3 is 2.00 bits per heavy atom. The Labute approximate surface area is 180 Å². The lowest BCUT2D eigenvalue weighted by molar-refractivity contribution is 0.225. The molecule has 2 fully saturated rings. The molecule has 0 atom stereocenters. The molecule has 162 valence electrons. The van der Waals surface area contributed by atoms with Crippen molar-refractivity contribution in [1.29, 1.82) is 5.26 Å². The second kappa shape index (κ2) is 12.0. The van der Waals surface area contributed by atoms with Crippen molar-refractivity contribution in [3.05, 3.63) is 59.7 Å². The molecule has 0 heterocycles. The van der Waals surface area contributed by atoms with Crippen LogP contribution in [0.5, 0.6) is 0 Å². The molecular formula is C27H35F2N. The van der Waals surface area contributed by atoms with Gasteiger partial charge in [0.25, 0.3) is 0 Å². The predicted octanol–water partition coefficient (Wildman–Crippen LogP) is 8.24.